The van der Waals surface area contributed by atoms with Crippen molar-refractivity contribution in [3.63, 3.8) is 0 Å². The number of rotatable bonds is 26. The quantitative estimate of drug-likeness (QED) is 0.0487. The van der Waals surface area contributed by atoms with Crippen LogP contribution in [0.15, 0.2) is 96.7 Å². The summed E-state index contributed by atoms with van der Waals surface area (Å²) in [5.41, 5.74) is 7.97. The van der Waals surface area contributed by atoms with E-state index in [-0.39, 0.29) is 10.8 Å². The minimum atomic E-state index is -0.681. The van der Waals surface area contributed by atoms with E-state index >= 15 is 0 Å². The minimum Gasteiger partial charge on any atom is -0.481 e. The molecule has 0 fully saturated rings. The van der Waals surface area contributed by atoms with Crippen molar-refractivity contribution in [1.29, 1.82) is 0 Å². The van der Waals surface area contributed by atoms with Gasteiger partial charge in [-0.2, -0.15) is 4.58 Å². The third kappa shape index (κ3) is 11.4. The number of allylic oxidation sites excluding steroid dienone is 4. The molecular formula is C55H73N2O4+. The van der Waals surface area contributed by atoms with E-state index in [2.05, 4.69) is 128 Å². The summed E-state index contributed by atoms with van der Waals surface area (Å²) < 4.78 is 2.62. The summed E-state index contributed by atoms with van der Waals surface area (Å²) in [4.78, 5) is 24.2. The SMILES string of the molecule is CC1(C)C(/C=C/C=C2\N(CCCCCCCCCCCC(=O)O)c3ccc4ccccc4c3C2(C)C)=[N+](CCCCCCCCCCCC(=O)O)c2ccc3ccccc3c21. The van der Waals surface area contributed by atoms with Gasteiger partial charge < -0.3 is 15.1 Å². The number of aliphatic carboxylic acids is 2. The molecule has 2 N–H and O–H groups in total. The predicted octanol–water partition coefficient (Wildman–Crippen LogP) is 14.6. The smallest absolute Gasteiger partial charge is 0.303 e. The van der Waals surface area contributed by atoms with Gasteiger partial charge in [-0.3, -0.25) is 9.59 Å². The molecule has 0 aliphatic carbocycles. The van der Waals surface area contributed by atoms with Crippen molar-refractivity contribution in [3.8, 4) is 0 Å². The molecule has 2 heterocycles. The van der Waals surface area contributed by atoms with Gasteiger partial charge in [-0.05, 0) is 84.8 Å². The molecule has 2 aliphatic rings. The maximum absolute atomic E-state index is 10.8. The lowest BCUT2D eigenvalue weighted by Crippen LogP contribution is -2.28. The van der Waals surface area contributed by atoms with Crippen molar-refractivity contribution in [3.05, 3.63) is 108 Å². The first-order valence-corrected chi connectivity index (χ1v) is 23.8. The summed E-state index contributed by atoms with van der Waals surface area (Å²) in [5.74, 6) is -1.36. The van der Waals surface area contributed by atoms with Crippen LogP contribution in [0, 0.1) is 0 Å². The van der Waals surface area contributed by atoms with Gasteiger partial charge in [-0.1, -0.05) is 158 Å². The van der Waals surface area contributed by atoms with Gasteiger partial charge in [-0.15, -0.1) is 0 Å². The molecule has 61 heavy (non-hydrogen) atoms. The van der Waals surface area contributed by atoms with Gasteiger partial charge in [0, 0.05) is 60.3 Å². The second-order valence-corrected chi connectivity index (χ2v) is 18.9. The Labute approximate surface area is 366 Å². The molecule has 6 nitrogen and oxygen atoms in total. The fourth-order valence-electron chi connectivity index (χ4n) is 10.4. The monoisotopic (exact) mass is 826 g/mol. The Morgan fingerprint density at radius 3 is 1.59 bits per heavy atom. The van der Waals surface area contributed by atoms with Crippen LogP contribution < -0.4 is 4.90 Å². The van der Waals surface area contributed by atoms with Crippen molar-refractivity contribution in [1.82, 2.24) is 0 Å². The van der Waals surface area contributed by atoms with Gasteiger partial charge in [0.1, 0.15) is 6.54 Å². The Balaban J connectivity index is 1.18. The zero-order valence-corrected chi connectivity index (χ0v) is 37.8. The van der Waals surface area contributed by atoms with Crippen LogP contribution >= 0.6 is 0 Å². The molecule has 0 radical (unpaired) electrons. The third-order valence-corrected chi connectivity index (χ3v) is 13.6. The van der Waals surface area contributed by atoms with Crippen molar-refractivity contribution in [2.24, 2.45) is 0 Å². The second kappa shape index (κ2) is 21.9. The highest BCUT2D eigenvalue weighted by Crippen LogP contribution is 2.51. The van der Waals surface area contributed by atoms with Crippen LogP contribution in [0.4, 0.5) is 11.4 Å². The summed E-state index contributed by atoms with van der Waals surface area (Å²) in [6.45, 7) is 11.6. The number of benzene rings is 4. The molecule has 0 amide bonds. The Morgan fingerprint density at radius 1 is 0.557 bits per heavy atom. The molecule has 326 valence electrons. The number of nitrogens with zero attached hydrogens (tertiary/aromatic N) is 2. The molecule has 0 aromatic heterocycles. The Morgan fingerprint density at radius 2 is 1.03 bits per heavy atom. The van der Waals surface area contributed by atoms with Crippen LogP contribution in [0.1, 0.15) is 167 Å². The minimum absolute atomic E-state index is 0.158. The molecular weight excluding hydrogens is 753 g/mol. The van der Waals surface area contributed by atoms with Crippen molar-refractivity contribution >= 4 is 50.6 Å². The molecule has 0 bridgehead atoms. The summed E-state index contributed by atoms with van der Waals surface area (Å²) in [7, 11) is 0. The molecule has 4 aromatic rings. The predicted molar refractivity (Wildman–Crippen MR) is 256 cm³/mol. The summed E-state index contributed by atoms with van der Waals surface area (Å²) >= 11 is 0. The molecule has 0 unspecified atom stereocenters. The highest BCUT2D eigenvalue weighted by Gasteiger charge is 2.45. The van der Waals surface area contributed by atoms with Crippen molar-refractivity contribution < 1.29 is 24.4 Å². The fraction of sp³-hybridized carbons (Fsp3) is 0.509. The molecule has 0 spiro atoms. The standard InChI is InChI=1S/C55H72N2O4/c1-54(2)48(56(46-38-36-42-28-21-23-30-44(42)52(46)54)40-25-17-13-9-5-7-11-15-19-34-50(58)59)32-27-33-49-55(3,4)53-45-31-24-22-29-43(45)37-39-47(53)57(49)41-26-18-14-10-6-8-12-16-20-35-51(60)61/h21-24,27-33,36-39H,5-20,25-26,34-35,40-41H2,1-4H3,(H-,58,59,60,61)/p+1. The number of anilines is 1. The van der Waals surface area contributed by atoms with E-state index in [1.165, 1.54) is 120 Å². The summed E-state index contributed by atoms with van der Waals surface area (Å²) in [6, 6.07) is 27.1. The first-order valence-electron chi connectivity index (χ1n) is 23.8. The molecule has 0 saturated carbocycles. The largest absolute Gasteiger partial charge is 0.481 e. The van der Waals surface area contributed by atoms with E-state index in [4.69, 9.17) is 10.2 Å². The highest BCUT2D eigenvalue weighted by molar-refractivity contribution is 6.07. The highest BCUT2D eigenvalue weighted by atomic mass is 16.4. The van der Waals surface area contributed by atoms with Crippen LogP contribution in [0.3, 0.4) is 0 Å². The van der Waals surface area contributed by atoms with Crippen LogP contribution in [-0.2, 0) is 20.4 Å². The normalized spacial score (nSPS) is 16.1. The lowest BCUT2D eigenvalue weighted by atomic mass is 9.79. The van der Waals surface area contributed by atoms with Gasteiger partial charge in [0.25, 0.3) is 0 Å². The van der Waals surface area contributed by atoms with E-state index in [0.717, 1.165) is 64.5 Å². The zero-order valence-electron chi connectivity index (χ0n) is 37.8. The first kappa shape index (κ1) is 45.8. The zero-order chi connectivity index (χ0) is 43.2. The van der Waals surface area contributed by atoms with E-state index in [9.17, 15) is 9.59 Å². The molecule has 2 aliphatic heterocycles. The Kier molecular flexibility index (Phi) is 16.4. The van der Waals surface area contributed by atoms with Crippen molar-refractivity contribution in [2.45, 2.75) is 167 Å². The lowest BCUT2D eigenvalue weighted by Gasteiger charge is -2.27. The topological polar surface area (TPSA) is 80.9 Å². The van der Waals surface area contributed by atoms with Gasteiger partial charge in [0.05, 0.1) is 5.41 Å². The fourth-order valence-corrected chi connectivity index (χ4v) is 10.4. The van der Waals surface area contributed by atoms with E-state index in [1.54, 1.807) is 0 Å². The number of unbranched alkanes of at least 4 members (excludes halogenated alkanes) is 16. The summed E-state index contributed by atoms with van der Waals surface area (Å²) in [5, 5.41) is 23.1. The van der Waals surface area contributed by atoms with Crippen molar-refractivity contribution in [2.75, 3.05) is 18.0 Å². The number of hydrogen-bond acceptors (Lipinski definition) is 3. The second-order valence-electron chi connectivity index (χ2n) is 18.9. The molecule has 6 rings (SSSR count). The maximum atomic E-state index is 10.8. The summed E-state index contributed by atoms with van der Waals surface area (Å²) in [6.07, 6.45) is 28.3. The molecule has 0 atom stereocenters. The molecule has 4 aromatic carbocycles. The Bertz CT molecular complexity index is 2210. The lowest BCUT2D eigenvalue weighted by molar-refractivity contribution is -0.438. The number of hydrogen-bond donors (Lipinski definition) is 2. The number of fused-ring (bicyclic) bond motifs is 6. The number of carboxylic acid groups (broad SMARTS) is 2. The third-order valence-electron chi connectivity index (χ3n) is 13.6. The van der Waals surface area contributed by atoms with Gasteiger partial charge in [0.2, 0.25) is 5.69 Å². The van der Waals surface area contributed by atoms with Crippen LogP contribution in [0.5, 0.6) is 0 Å². The van der Waals surface area contributed by atoms with Gasteiger partial charge in [-0.25, -0.2) is 0 Å². The van der Waals surface area contributed by atoms with Crippen LogP contribution in [-0.4, -0.2) is 45.5 Å². The van der Waals surface area contributed by atoms with Gasteiger partial charge in [0.15, 0.2) is 5.71 Å². The van der Waals surface area contributed by atoms with E-state index < -0.39 is 11.9 Å². The average Bonchev–Trinajstić information content (AvgIpc) is 3.59. The number of carbonyl (C=O) groups is 2. The maximum Gasteiger partial charge on any atom is 0.303 e. The van der Waals surface area contributed by atoms with Crippen LogP contribution in [0.25, 0.3) is 21.5 Å². The molecule has 6 heteroatoms. The number of carboxylic acids is 2. The van der Waals surface area contributed by atoms with Gasteiger partial charge >= 0.3 is 11.9 Å². The van der Waals surface area contributed by atoms with E-state index in [1.807, 2.05) is 0 Å². The average molecular weight is 826 g/mol. The van der Waals surface area contributed by atoms with E-state index in [0.29, 0.717) is 12.8 Å². The van der Waals surface area contributed by atoms with Crippen LogP contribution in [0.2, 0.25) is 0 Å². The first-order chi connectivity index (χ1) is 29.5. The molecule has 0 saturated heterocycles. The Hall–Kier alpha value is -4.71.